The zero-order chi connectivity index (χ0) is 13.8. The first-order chi connectivity index (χ1) is 9.11. The van der Waals surface area contributed by atoms with Crippen molar-refractivity contribution in [3.05, 3.63) is 28.3 Å². The first kappa shape index (κ1) is 13.6. The number of rotatable bonds is 4. The summed E-state index contributed by atoms with van der Waals surface area (Å²) < 4.78 is 5.07. The van der Waals surface area contributed by atoms with E-state index >= 15 is 0 Å². The third-order valence-corrected chi connectivity index (χ3v) is 3.39. The molecule has 0 radical (unpaired) electrons. The number of hydrogen-bond acceptors (Lipinski definition) is 5. The van der Waals surface area contributed by atoms with Gasteiger partial charge in [-0.25, -0.2) is 0 Å². The number of para-hydroxylation sites is 1. The Morgan fingerprint density at radius 2 is 2.32 bits per heavy atom. The second-order valence-corrected chi connectivity index (χ2v) is 4.86. The van der Waals surface area contributed by atoms with E-state index in [1.54, 1.807) is 18.2 Å². The Bertz CT molecular complexity index is 464. The van der Waals surface area contributed by atoms with Crippen molar-refractivity contribution >= 4 is 11.4 Å². The number of ether oxygens (including phenoxy) is 1. The van der Waals surface area contributed by atoms with Crippen LogP contribution in [0.1, 0.15) is 12.8 Å². The molecule has 1 unspecified atom stereocenters. The van der Waals surface area contributed by atoms with Gasteiger partial charge in [0.15, 0.2) is 5.75 Å². The van der Waals surface area contributed by atoms with E-state index in [2.05, 4.69) is 17.3 Å². The number of piperidine rings is 1. The normalized spacial score (nSPS) is 20.0. The molecule has 1 aromatic carbocycles. The van der Waals surface area contributed by atoms with Gasteiger partial charge in [-0.05, 0) is 38.6 Å². The van der Waals surface area contributed by atoms with Crippen LogP contribution < -0.4 is 10.1 Å². The minimum atomic E-state index is -0.395. The smallest absolute Gasteiger partial charge is 0.333 e. The summed E-state index contributed by atoms with van der Waals surface area (Å²) in [5, 5.41) is 14.5. The number of likely N-dealkylation sites (tertiary alicyclic amines) is 1. The highest BCUT2D eigenvalue weighted by molar-refractivity contribution is 5.68. The van der Waals surface area contributed by atoms with E-state index in [0.717, 1.165) is 25.9 Å². The molecule has 19 heavy (non-hydrogen) atoms. The number of nitro benzene ring substituents is 1. The lowest BCUT2D eigenvalue weighted by Gasteiger charge is -2.30. The summed E-state index contributed by atoms with van der Waals surface area (Å²) in [5.74, 6) is 0.291. The van der Waals surface area contributed by atoms with Gasteiger partial charge < -0.3 is 15.0 Å². The van der Waals surface area contributed by atoms with Crippen LogP contribution >= 0.6 is 0 Å². The molecular formula is C13H19N3O3. The summed E-state index contributed by atoms with van der Waals surface area (Å²) in [4.78, 5) is 13.0. The molecule has 0 aliphatic carbocycles. The molecule has 1 N–H and O–H groups in total. The average Bonchev–Trinajstić information content (AvgIpc) is 2.38. The summed E-state index contributed by atoms with van der Waals surface area (Å²) >= 11 is 0. The average molecular weight is 265 g/mol. The topological polar surface area (TPSA) is 67.6 Å². The van der Waals surface area contributed by atoms with Crippen molar-refractivity contribution < 1.29 is 9.66 Å². The monoisotopic (exact) mass is 265 g/mol. The van der Waals surface area contributed by atoms with E-state index in [-0.39, 0.29) is 11.7 Å². The van der Waals surface area contributed by atoms with Crippen molar-refractivity contribution in [2.45, 2.75) is 18.9 Å². The van der Waals surface area contributed by atoms with Crippen molar-refractivity contribution in [2.75, 3.05) is 32.6 Å². The van der Waals surface area contributed by atoms with Crippen LogP contribution in [0, 0.1) is 10.1 Å². The number of benzene rings is 1. The molecule has 1 heterocycles. The molecule has 2 rings (SSSR count). The fraction of sp³-hybridized carbons (Fsp3) is 0.538. The van der Waals surface area contributed by atoms with Crippen LogP contribution in [0.2, 0.25) is 0 Å². The standard InChI is InChI=1S/C13H19N3O3/c1-15-8-4-5-10(9-15)14-11-6-3-7-12(19-2)13(11)16(17)18/h3,6-7,10,14H,4-5,8-9H2,1-2H3. The first-order valence-electron chi connectivity index (χ1n) is 6.38. The van der Waals surface area contributed by atoms with E-state index in [1.807, 2.05) is 0 Å². The lowest BCUT2D eigenvalue weighted by molar-refractivity contribution is -0.384. The third kappa shape index (κ3) is 3.14. The molecule has 0 amide bonds. The Morgan fingerprint density at radius 1 is 1.53 bits per heavy atom. The molecule has 104 valence electrons. The second-order valence-electron chi connectivity index (χ2n) is 4.86. The van der Waals surface area contributed by atoms with E-state index in [9.17, 15) is 10.1 Å². The number of nitro groups is 1. The highest BCUT2D eigenvalue weighted by Crippen LogP contribution is 2.35. The van der Waals surface area contributed by atoms with Crippen LogP contribution in [-0.2, 0) is 0 Å². The van der Waals surface area contributed by atoms with Gasteiger partial charge >= 0.3 is 5.69 Å². The van der Waals surface area contributed by atoms with Gasteiger partial charge in [0.1, 0.15) is 5.69 Å². The third-order valence-electron chi connectivity index (χ3n) is 3.39. The molecule has 1 aromatic rings. The summed E-state index contributed by atoms with van der Waals surface area (Å²) in [6, 6.07) is 5.34. The Hall–Kier alpha value is -1.82. The van der Waals surface area contributed by atoms with Crippen LogP contribution in [-0.4, -0.2) is 43.1 Å². The summed E-state index contributed by atoms with van der Waals surface area (Å²) in [5.41, 5.74) is 0.544. The van der Waals surface area contributed by atoms with E-state index in [0.29, 0.717) is 11.4 Å². The number of nitrogens with zero attached hydrogens (tertiary/aromatic N) is 2. The van der Waals surface area contributed by atoms with E-state index in [4.69, 9.17) is 4.74 Å². The molecule has 0 aromatic heterocycles. The maximum atomic E-state index is 11.2. The second kappa shape index (κ2) is 5.88. The fourth-order valence-corrected chi connectivity index (χ4v) is 2.50. The molecule has 1 aliphatic rings. The molecule has 0 saturated carbocycles. The van der Waals surface area contributed by atoms with Crippen LogP contribution in [0.3, 0.4) is 0 Å². The molecule has 0 bridgehead atoms. The Kier molecular flexibility index (Phi) is 4.21. The number of likely N-dealkylation sites (N-methyl/N-ethyl adjacent to an activating group) is 1. The number of hydrogen-bond donors (Lipinski definition) is 1. The highest BCUT2D eigenvalue weighted by atomic mass is 16.6. The van der Waals surface area contributed by atoms with Gasteiger partial charge in [-0.3, -0.25) is 10.1 Å². The minimum Gasteiger partial charge on any atom is -0.490 e. The summed E-state index contributed by atoms with van der Waals surface area (Å²) in [6.45, 7) is 1.98. The first-order valence-corrected chi connectivity index (χ1v) is 6.38. The van der Waals surface area contributed by atoms with Crippen molar-refractivity contribution in [3.63, 3.8) is 0 Å². The fourth-order valence-electron chi connectivity index (χ4n) is 2.50. The number of methoxy groups -OCH3 is 1. The molecule has 1 fully saturated rings. The van der Waals surface area contributed by atoms with Gasteiger partial charge in [0.05, 0.1) is 12.0 Å². The van der Waals surface area contributed by atoms with E-state index < -0.39 is 4.92 Å². The van der Waals surface area contributed by atoms with Crippen LogP contribution in [0.25, 0.3) is 0 Å². The van der Waals surface area contributed by atoms with Gasteiger partial charge in [0.25, 0.3) is 0 Å². The van der Waals surface area contributed by atoms with Gasteiger partial charge in [-0.1, -0.05) is 6.07 Å². The maximum Gasteiger partial charge on any atom is 0.333 e. The maximum absolute atomic E-state index is 11.2. The Labute approximate surface area is 112 Å². The van der Waals surface area contributed by atoms with Crippen LogP contribution in [0.5, 0.6) is 5.75 Å². The predicted octanol–water partition coefficient (Wildman–Crippen LogP) is 2.11. The molecule has 1 atom stereocenters. The van der Waals surface area contributed by atoms with Crippen LogP contribution in [0.15, 0.2) is 18.2 Å². The van der Waals surface area contributed by atoms with Crippen molar-refractivity contribution in [1.82, 2.24) is 4.90 Å². The zero-order valence-corrected chi connectivity index (χ0v) is 11.3. The lowest BCUT2D eigenvalue weighted by Crippen LogP contribution is -2.39. The molecule has 6 heteroatoms. The van der Waals surface area contributed by atoms with Crippen molar-refractivity contribution in [3.8, 4) is 5.75 Å². The number of nitrogens with one attached hydrogen (secondary N) is 1. The molecule has 0 spiro atoms. The largest absolute Gasteiger partial charge is 0.490 e. The predicted molar refractivity (Wildman–Crippen MR) is 73.8 cm³/mol. The molecule has 1 saturated heterocycles. The van der Waals surface area contributed by atoms with E-state index in [1.165, 1.54) is 7.11 Å². The number of anilines is 1. The summed E-state index contributed by atoms with van der Waals surface area (Å²) in [6.07, 6.45) is 2.13. The summed E-state index contributed by atoms with van der Waals surface area (Å²) in [7, 11) is 3.51. The van der Waals surface area contributed by atoms with Gasteiger partial charge in [-0.2, -0.15) is 0 Å². The van der Waals surface area contributed by atoms with Crippen molar-refractivity contribution in [2.24, 2.45) is 0 Å². The van der Waals surface area contributed by atoms with Gasteiger partial charge in [0.2, 0.25) is 0 Å². The molecule has 1 aliphatic heterocycles. The lowest BCUT2D eigenvalue weighted by atomic mass is 10.1. The quantitative estimate of drug-likeness (QED) is 0.667. The highest BCUT2D eigenvalue weighted by Gasteiger charge is 2.24. The Balaban J connectivity index is 2.21. The minimum absolute atomic E-state index is 0.0122. The zero-order valence-electron chi connectivity index (χ0n) is 11.3. The van der Waals surface area contributed by atoms with Gasteiger partial charge in [0, 0.05) is 12.6 Å². The van der Waals surface area contributed by atoms with Gasteiger partial charge in [-0.15, -0.1) is 0 Å². The SMILES string of the molecule is COc1cccc(NC2CCCN(C)C2)c1[N+](=O)[O-]. The Morgan fingerprint density at radius 3 is 2.95 bits per heavy atom. The van der Waals surface area contributed by atoms with Crippen molar-refractivity contribution in [1.29, 1.82) is 0 Å². The molecule has 6 nitrogen and oxygen atoms in total. The molecular weight excluding hydrogens is 246 g/mol. The van der Waals surface area contributed by atoms with Crippen LogP contribution in [0.4, 0.5) is 11.4 Å².